The van der Waals surface area contributed by atoms with Gasteiger partial charge in [0.15, 0.2) is 0 Å². The van der Waals surface area contributed by atoms with Crippen LogP contribution >= 0.6 is 23.2 Å². The number of anilines is 2. The number of carbonyl (C=O) groups excluding carboxylic acids is 2. The molecule has 11 heteroatoms. The van der Waals surface area contributed by atoms with E-state index in [-0.39, 0.29) is 33.9 Å². The van der Waals surface area contributed by atoms with E-state index in [9.17, 15) is 18.8 Å². The van der Waals surface area contributed by atoms with Crippen LogP contribution in [0.25, 0.3) is 0 Å². The average Bonchev–Trinajstić information content (AvgIpc) is 3.32. The number of rotatable bonds is 8. The van der Waals surface area contributed by atoms with E-state index in [1.807, 2.05) is 0 Å². The molecule has 1 fully saturated rings. The quantitative estimate of drug-likeness (QED) is 0.206. The molecule has 0 aromatic heterocycles. The summed E-state index contributed by atoms with van der Waals surface area (Å²) in [6, 6.07) is 16.1. The molecule has 3 aromatic carbocycles. The number of amides is 2. The molecule has 42 heavy (non-hydrogen) atoms. The van der Waals surface area contributed by atoms with Crippen LogP contribution < -0.4 is 20.7 Å². The number of halogens is 3. The smallest absolute Gasteiger partial charge is 0.335 e. The summed E-state index contributed by atoms with van der Waals surface area (Å²) in [6.45, 7) is 6.92. The van der Waals surface area contributed by atoms with Crippen LogP contribution in [0.2, 0.25) is 10.0 Å². The van der Waals surface area contributed by atoms with Gasteiger partial charge in [-0.05, 0) is 59.9 Å². The van der Waals surface area contributed by atoms with Crippen molar-refractivity contribution in [3.05, 3.63) is 87.7 Å². The van der Waals surface area contributed by atoms with Gasteiger partial charge in [0.2, 0.25) is 12.3 Å². The van der Waals surface area contributed by atoms with E-state index < -0.39 is 17.7 Å². The van der Waals surface area contributed by atoms with Gasteiger partial charge in [-0.1, -0.05) is 62.2 Å². The highest BCUT2D eigenvalue weighted by Gasteiger charge is 2.44. The highest BCUT2D eigenvalue weighted by molar-refractivity contribution is 6.31. The fourth-order valence-corrected chi connectivity index (χ4v) is 5.32. The Labute approximate surface area is 254 Å². The van der Waals surface area contributed by atoms with E-state index in [1.165, 1.54) is 31.4 Å². The lowest BCUT2D eigenvalue weighted by atomic mass is 9.78. The molecular formula is C31H34Cl2FN3O5. The molecule has 4 rings (SSSR count). The first-order chi connectivity index (χ1) is 19.8. The SMILES string of the molecule is CC(C)(C)CC1NCC(c2cccc(Cl)c2F)C1C(=O)Nc1cccc(Cl)c1.COc1cc(C(=O)O)ccc1NC=O. The molecule has 3 atom stereocenters. The summed E-state index contributed by atoms with van der Waals surface area (Å²) in [4.78, 5) is 34.0. The van der Waals surface area contributed by atoms with Crippen LogP contribution in [0.4, 0.5) is 15.8 Å². The lowest BCUT2D eigenvalue weighted by Gasteiger charge is -2.29. The van der Waals surface area contributed by atoms with E-state index in [2.05, 4.69) is 36.7 Å². The summed E-state index contributed by atoms with van der Waals surface area (Å²) < 4.78 is 19.6. The Balaban J connectivity index is 0.000000291. The molecule has 3 unspecified atom stereocenters. The molecule has 0 radical (unpaired) electrons. The number of carboxylic acid groups (broad SMARTS) is 1. The summed E-state index contributed by atoms with van der Waals surface area (Å²) >= 11 is 12.0. The highest BCUT2D eigenvalue weighted by Crippen LogP contribution is 2.39. The first-order valence-electron chi connectivity index (χ1n) is 13.2. The van der Waals surface area contributed by atoms with Crippen molar-refractivity contribution in [2.45, 2.75) is 39.2 Å². The summed E-state index contributed by atoms with van der Waals surface area (Å²) in [5.74, 6) is -2.05. The minimum absolute atomic E-state index is 0.0218. The van der Waals surface area contributed by atoms with Gasteiger partial charge in [-0.3, -0.25) is 9.59 Å². The maximum absolute atomic E-state index is 14.7. The Kier molecular flexibility index (Phi) is 11.3. The van der Waals surface area contributed by atoms with Gasteiger partial charge in [-0.2, -0.15) is 0 Å². The Morgan fingerprint density at radius 1 is 1.12 bits per heavy atom. The molecule has 0 spiro atoms. The van der Waals surface area contributed by atoms with Crippen molar-refractivity contribution in [3.8, 4) is 5.75 Å². The monoisotopic (exact) mass is 617 g/mol. The molecule has 2 amide bonds. The van der Waals surface area contributed by atoms with Crippen molar-refractivity contribution in [3.63, 3.8) is 0 Å². The fourth-order valence-electron chi connectivity index (χ4n) is 4.95. The van der Waals surface area contributed by atoms with Gasteiger partial charge in [0.05, 0.1) is 29.3 Å². The van der Waals surface area contributed by atoms with Crippen molar-refractivity contribution in [2.24, 2.45) is 11.3 Å². The summed E-state index contributed by atoms with van der Waals surface area (Å²) in [5.41, 5.74) is 1.67. The molecule has 0 saturated carbocycles. The van der Waals surface area contributed by atoms with Crippen molar-refractivity contribution in [1.29, 1.82) is 0 Å². The van der Waals surface area contributed by atoms with E-state index in [4.69, 9.17) is 33.0 Å². The fraction of sp³-hybridized carbons (Fsp3) is 0.323. The normalized spacial score (nSPS) is 17.9. The first-order valence-corrected chi connectivity index (χ1v) is 14.0. The number of nitrogens with one attached hydrogen (secondary N) is 3. The zero-order valence-electron chi connectivity index (χ0n) is 23.7. The second kappa shape index (κ2) is 14.5. The molecule has 1 aliphatic heterocycles. The Bertz CT molecular complexity index is 1430. The predicted octanol–water partition coefficient (Wildman–Crippen LogP) is 6.84. The molecular weight excluding hydrogens is 584 g/mol. The van der Waals surface area contributed by atoms with E-state index in [1.54, 1.807) is 36.4 Å². The average molecular weight is 619 g/mol. The molecule has 4 N–H and O–H groups in total. The van der Waals surface area contributed by atoms with Crippen LogP contribution in [-0.2, 0) is 9.59 Å². The summed E-state index contributed by atoms with van der Waals surface area (Å²) in [5, 5.41) is 18.1. The lowest BCUT2D eigenvalue weighted by molar-refractivity contribution is -0.120. The molecule has 1 heterocycles. The van der Waals surface area contributed by atoms with Crippen molar-refractivity contribution in [2.75, 3.05) is 24.3 Å². The molecule has 0 aliphatic carbocycles. The number of carboxylic acids is 1. The number of hydrogen-bond acceptors (Lipinski definition) is 5. The third-order valence-corrected chi connectivity index (χ3v) is 7.26. The second-order valence-electron chi connectivity index (χ2n) is 11.0. The molecule has 8 nitrogen and oxygen atoms in total. The van der Waals surface area contributed by atoms with Gasteiger partial charge in [-0.25, -0.2) is 9.18 Å². The number of methoxy groups -OCH3 is 1. The maximum atomic E-state index is 14.7. The van der Waals surface area contributed by atoms with Gasteiger partial charge >= 0.3 is 5.97 Å². The van der Waals surface area contributed by atoms with Crippen LogP contribution in [0.1, 0.15) is 49.0 Å². The van der Waals surface area contributed by atoms with Crippen LogP contribution in [0.5, 0.6) is 5.75 Å². The highest BCUT2D eigenvalue weighted by atomic mass is 35.5. The number of aromatic carboxylic acids is 1. The third kappa shape index (κ3) is 8.67. The summed E-state index contributed by atoms with van der Waals surface area (Å²) in [7, 11) is 1.40. The predicted molar refractivity (Wildman–Crippen MR) is 163 cm³/mol. The molecule has 1 aliphatic rings. The minimum atomic E-state index is -1.04. The van der Waals surface area contributed by atoms with Gasteiger partial charge in [0.1, 0.15) is 11.6 Å². The van der Waals surface area contributed by atoms with Crippen LogP contribution in [-0.4, -0.2) is 43.1 Å². The van der Waals surface area contributed by atoms with E-state index in [0.717, 1.165) is 6.42 Å². The van der Waals surface area contributed by atoms with E-state index in [0.29, 0.717) is 40.7 Å². The lowest BCUT2D eigenvalue weighted by Crippen LogP contribution is -2.38. The van der Waals surface area contributed by atoms with Gasteiger partial charge in [0.25, 0.3) is 0 Å². The maximum Gasteiger partial charge on any atom is 0.335 e. The number of benzene rings is 3. The number of carbonyl (C=O) groups is 3. The van der Waals surface area contributed by atoms with Crippen LogP contribution in [0.15, 0.2) is 60.7 Å². The van der Waals surface area contributed by atoms with Crippen LogP contribution in [0.3, 0.4) is 0 Å². The Morgan fingerprint density at radius 2 is 1.83 bits per heavy atom. The Morgan fingerprint density at radius 3 is 2.45 bits per heavy atom. The van der Waals surface area contributed by atoms with Gasteiger partial charge in [0, 0.05) is 29.2 Å². The third-order valence-electron chi connectivity index (χ3n) is 6.74. The van der Waals surface area contributed by atoms with Crippen molar-refractivity contribution < 1.29 is 28.6 Å². The topological polar surface area (TPSA) is 117 Å². The number of hydrogen-bond donors (Lipinski definition) is 4. The van der Waals surface area contributed by atoms with Crippen molar-refractivity contribution in [1.82, 2.24) is 5.32 Å². The zero-order valence-corrected chi connectivity index (χ0v) is 25.2. The largest absolute Gasteiger partial charge is 0.495 e. The van der Waals surface area contributed by atoms with E-state index >= 15 is 0 Å². The number of ether oxygens (including phenoxy) is 1. The molecule has 1 saturated heterocycles. The van der Waals surface area contributed by atoms with Crippen molar-refractivity contribution >= 4 is 52.9 Å². The summed E-state index contributed by atoms with van der Waals surface area (Å²) in [6.07, 6.45) is 1.29. The van der Waals surface area contributed by atoms with Gasteiger partial charge in [-0.15, -0.1) is 0 Å². The Hall–Kier alpha value is -3.66. The minimum Gasteiger partial charge on any atom is -0.495 e. The molecule has 0 bridgehead atoms. The molecule has 224 valence electrons. The van der Waals surface area contributed by atoms with Gasteiger partial charge < -0.3 is 25.8 Å². The molecule has 3 aromatic rings. The van der Waals surface area contributed by atoms with Crippen LogP contribution in [0, 0.1) is 17.2 Å². The first kappa shape index (κ1) is 32.8. The zero-order chi connectivity index (χ0) is 31.0. The standard InChI is InChI=1S/C22H25Cl2FN2O.C9H9NO4/c1-22(2,3)11-18-19(21(28)27-14-7-4-6-13(23)10-14)16(12-26-18)15-8-5-9-17(24)20(15)25;1-14-8-4-6(9(12)13)2-3-7(8)10-5-11/h4-10,16,18-19,26H,11-12H2,1-3H3,(H,27,28);2-5H,1H3,(H,10,11)(H,12,13). The second-order valence-corrected chi connectivity index (χ2v) is 11.9.